The third kappa shape index (κ3) is 4.22. The summed E-state index contributed by atoms with van der Waals surface area (Å²) in [6.45, 7) is 1.48. The molecule has 1 atom stereocenters. The Morgan fingerprint density at radius 1 is 1.15 bits per heavy atom. The van der Waals surface area contributed by atoms with Gasteiger partial charge in [0.15, 0.2) is 5.82 Å². The van der Waals surface area contributed by atoms with E-state index in [1.807, 2.05) is 35.2 Å². The van der Waals surface area contributed by atoms with Gasteiger partial charge in [0.1, 0.15) is 5.82 Å². The van der Waals surface area contributed by atoms with Gasteiger partial charge in [-0.05, 0) is 42.2 Å². The van der Waals surface area contributed by atoms with Crippen molar-refractivity contribution in [1.82, 2.24) is 15.0 Å². The second-order valence-electron chi connectivity index (χ2n) is 6.88. The van der Waals surface area contributed by atoms with Crippen molar-refractivity contribution in [3.63, 3.8) is 0 Å². The summed E-state index contributed by atoms with van der Waals surface area (Å²) in [6.07, 6.45) is 2.03. The fourth-order valence-electron chi connectivity index (χ4n) is 3.41. The summed E-state index contributed by atoms with van der Waals surface area (Å²) in [4.78, 5) is 18.8. The van der Waals surface area contributed by atoms with Crippen molar-refractivity contribution >= 4 is 5.91 Å². The number of hydrogen-bond acceptors (Lipinski definition) is 4. The number of carbonyl (C=O) groups excluding carboxylic acids is 1. The van der Waals surface area contributed by atoms with E-state index in [9.17, 15) is 9.18 Å². The van der Waals surface area contributed by atoms with Gasteiger partial charge in [-0.2, -0.15) is 4.98 Å². The van der Waals surface area contributed by atoms with Crippen LogP contribution in [0.4, 0.5) is 4.39 Å². The maximum absolute atomic E-state index is 13.0. The first kappa shape index (κ1) is 17.4. The first-order chi connectivity index (χ1) is 13.2. The molecule has 0 N–H and O–H groups in total. The lowest BCUT2D eigenvalue weighted by atomic mass is 10.0. The summed E-state index contributed by atoms with van der Waals surface area (Å²) >= 11 is 0. The minimum Gasteiger partial charge on any atom is -0.342 e. The first-order valence-electron chi connectivity index (χ1n) is 9.07. The molecule has 1 amide bonds. The van der Waals surface area contributed by atoms with Gasteiger partial charge in [0.05, 0.1) is 6.42 Å². The van der Waals surface area contributed by atoms with Crippen LogP contribution in [-0.2, 0) is 17.6 Å². The third-order valence-electron chi connectivity index (χ3n) is 4.87. The molecule has 27 heavy (non-hydrogen) atoms. The highest BCUT2D eigenvalue weighted by atomic mass is 19.1. The number of carbonyl (C=O) groups is 1. The highest BCUT2D eigenvalue weighted by Crippen LogP contribution is 2.23. The molecule has 0 aliphatic carbocycles. The van der Waals surface area contributed by atoms with Gasteiger partial charge < -0.3 is 9.42 Å². The van der Waals surface area contributed by atoms with Gasteiger partial charge in [-0.25, -0.2) is 4.39 Å². The summed E-state index contributed by atoms with van der Waals surface area (Å²) in [6, 6.07) is 15.8. The van der Waals surface area contributed by atoms with Crippen LogP contribution in [0.15, 0.2) is 59.1 Å². The number of nitrogens with zero attached hydrogens (tertiary/aromatic N) is 3. The molecule has 1 fully saturated rings. The highest BCUT2D eigenvalue weighted by molar-refractivity contribution is 5.79. The molecule has 1 aliphatic heterocycles. The van der Waals surface area contributed by atoms with Crippen LogP contribution in [0.1, 0.15) is 17.8 Å². The van der Waals surface area contributed by atoms with E-state index in [-0.39, 0.29) is 11.7 Å². The Kier molecular flexibility index (Phi) is 4.96. The maximum atomic E-state index is 13.0. The number of hydrogen-bond donors (Lipinski definition) is 0. The van der Waals surface area contributed by atoms with Gasteiger partial charge in [0, 0.05) is 25.1 Å². The molecule has 1 aliphatic rings. The molecular formula is C21H20FN3O2. The molecule has 2 aromatic carbocycles. The summed E-state index contributed by atoms with van der Waals surface area (Å²) in [5.74, 6) is 1.19. The molecule has 6 heteroatoms. The Labute approximate surface area is 156 Å². The van der Waals surface area contributed by atoms with Crippen LogP contribution in [-0.4, -0.2) is 34.0 Å². The number of aromatic nitrogens is 2. The van der Waals surface area contributed by atoms with Gasteiger partial charge in [0.25, 0.3) is 5.89 Å². The van der Waals surface area contributed by atoms with E-state index in [2.05, 4.69) is 10.1 Å². The van der Waals surface area contributed by atoms with Crippen molar-refractivity contribution in [2.75, 3.05) is 13.1 Å². The fraction of sp³-hybridized carbons (Fsp3) is 0.286. The van der Waals surface area contributed by atoms with Crippen molar-refractivity contribution in [3.8, 4) is 11.5 Å². The summed E-state index contributed by atoms with van der Waals surface area (Å²) in [7, 11) is 0. The van der Waals surface area contributed by atoms with E-state index in [1.165, 1.54) is 12.1 Å². The second kappa shape index (κ2) is 7.70. The highest BCUT2D eigenvalue weighted by Gasteiger charge is 2.27. The van der Waals surface area contributed by atoms with E-state index in [0.29, 0.717) is 42.6 Å². The number of likely N-dealkylation sites (tertiary alicyclic amines) is 1. The minimum absolute atomic E-state index is 0.156. The van der Waals surface area contributed by atoms with Crippen LogP contribution >= 0.6 is 0 Å². The van der Waals surface area contributed by atoms with Crippen LogP contribution in [0.3, 0.4) is 0 Å². The molecule has 138 valence electrons. The Balaban J connectivity index is 1.33. The lowest BCUT2D eigenvalue weighted by Gasteiger charge is -2.16. The van der Waals surface area contributed by atoms with Crippen LogP contribution in [0.5, 0.6) is 0 Å². The zero-order chi connectivity index (χ0) is 18.6. The summed E-state index contributed by atoms with van der Waals surface area (Å²) < 4.78 is 18.3. The molecule has 0 spiro atoms. The van der Waals surface area contributed by atoms with E-state index in [1.54, 1.807) is 12.1 Å². The quantitative estimate of drug-likeness (QED) is 0.694. The topological polar surface area (TPSA) is 59.2 Å². The molecule has 1 aromatic heterocycles. The smallest absolute Gasteiger partial charge is 0.257 e. The van der Waals surface area contributed by atoms with Gasteiger partial charge in [-0.1, -0.05) is 35.5 Å². The fourth-order valence-corrected chi connectivity index (χ4v) is 3.41. The van der Waals surface area contributed by atoms with Crippen LogP contribution < -0.4 is 0 Å². The number of rotatable bonds is 5. The molecule has 1 unspecified atom stereocenters. The van der Waals surface area contributed by atoms with Crippen molar-refractivity contribution in [2.45, 2.75) is 19.3 Å². The molecule has 4 rings (SSSR count). The SMILES string of the molecule is O=C(Cc1ccccc1)N1CCC(Cc2noc(-c3ccc(F)cc3)n2)C1. The summed E-state index contributed by atoms with van der Waals surface area (Å²) in [5, 5.41) is 4.03. The molecular weight excluding hydrogens is 345 g/mol. The molecule has 5 nitrogen and oxygen atoms in total. The molecule has 1 saturated heterocycles. The number of halogens is 1. The Morgan fingerprint density at radius 2 is 1.93 bits per heavy atom. The zero-order valence-electron chi connectivity index (χ0n) is 14.8. The molecule has 2 heterocycles. The molecule has 0 saturated carbocycles. The van der Waals surface area contributed by atoms with Gasteiger partial charge in [-0.15, -0.1) is 0 Å². The minimum atomic E-state index is -0.301. The average molecular weight is 365 g/mol. The van der Waals surface area contributed by atoms with Gasteiger partial charge in [0.2, 0.25) is 5.91 Å². The van der Waals surface area contributed by atoms with Crippen LogP contribution in [0.25, 0.3) is 11.5 Å². The third-order valence-corrected chi connectivity index (χ3v) is 4.87. The zero-order valence-corrected chi connectivity index (χ0v) is 14.8. The van der Waals surface area contributed by atoms with E-state index >= 15 is 0 Å². The van der Waals surface area contributed by atoms with E-state index in [0.717, 1.165) is 18.5 Å². The van der Waals surface area contributed by atoms with Crippen molar-refractivity contribution < 1.29 is 13.7 Å². The summed E-state index contributed by atoms with van der Waals surface area (Å²) in [5.41, 5.74) is 1.73. The van der Waals surface area contributed by atoms with Gasteiger partial charge in [-0.3, -0.25) is 4.79 Å². The lowest BCUT2D eigenvalue weighted by Crippen LogP contribution is -2.30. The number of amides is 1. The monoisotopic (exact) mass is 365 g/mol. The molecule has 3 aromatic rings. The lowest BCUT2D eigenvalue weighted by molar-refractivity contribution is -0.129. The Morgan fingerprint density at radius 3 is 2.70 bits per heavy atom. The van der Waals surface area contributed by atoms with Crippen LogP contribution in [0, 0.1) is 11.7 Å². The normalized spacial score (nSPS) is 16.6. The predicted molar refractivity (Wildman–Crippen MR) is 98.2 cm³/mol. The largest absolute Gasteiger partial charge is 0.342 e. The molecule has 0 bridgehead atoms. The maximum Gasteiger partial charge on any atom is 0.257 e. The van der Waals surface area contributed by atoms with Gasteiger partial charge >= 0.3 is 0 Å². The molecule has 0 radical (unpaired) electrons. The van der Waals surface area contributed by atoms with Crippen molar-refractivity contribution in [2.24, 2.45) is 5.92 Å². The van der Waals surface area contributed by atoms with E-state index in [4.69, 9.17) is 4.52 Å². The first-order valence-corrected chi connectivity index (χ1v) is 9.07. The van der Waals surface area contributed by atoms with Crippen molar-refractivity contribution in [3.05, 3.63) is 71.8 Å². The van der Waals surface area contributed by atoms with E-state index < -0.39 is 0 Å². The average Bonchev–Trinajstić information content (AvgIpc) is 3.33. The van der Waals surface area contributed by atoms with Crippen LogP contribution in [0.2, 0.25) is 0 Å². The number of benzene rings is 2. The second-order valence-corrected chi connectivity index (χ2v) is 6.88. The Bertz CT molecular complexity index is 909. The Hall–Kier alpha value is -3.02. The van der Waals surface area contributed by atoms with Crippen molar-refractivity contribution in [1.29, 1.82) is 0 Å². The standard InChI is InChI=1S/C21H20FN3O2/c22-18-8-6-17(7-9-18)21-23-19(24-27-21)12-16-10-11-25(14-16)20(26)13-15-4-2-1-3-5-15/h1-9,16H,10-14H2. The predicted octanol–water partition coefficient (Wildman–Crippen LogP) is 3.51.